The summed E-state index contributed by atoms with van der Waals surface area (Å²) in [6.07, 6.45) is 4.97. The van der Waals surface area contributed by atoms with Crippen LogP contribution in [0.4, 0.5) is 0 Å². The smallest absolute Gasteiger partial charge is 0.226 e. The maximum atomic E-state index is 13.1. The van der Waals surface area contributed by atoms with E-state index in [0.29, 0.717) is 19.7 Å². The van der Waals surface area contributed by atoms with Crippen molar-refractivity contribution in [3.8, 4) is 5.75 Å². The van der Waals surface area contributed by atoms with Crippen molar-refractivity contribution in [2.45, 2.75) is 58.6 Å². The Labute approximate surface area is 178 Å². The largest absolute Gasteiger partial charge is 0.493 e. The first-order chi connectivity index (χ1) is 14.2. The van der Waals surface area contributed by atoms with Crippen LogP contribution in [0.1, 0.15) is 50.0 Å². The van der Waals surface area contributed by atoms with Crippen LogP contribution in [0.25, 0.3) is 0 Å². The Bertz CT molecular complexity index is 736. The average molecular weight is 416 g/mol. The van der Waals surface area contributed by atoms with E-state index in [0.717, 1.165) is 50.0 Å². The first-order valence-electron chi connectivity index (χ1n) is 10.8. The molecule has 1 amide bonds. The number of hydrogen-bond acceptors (Lipinski definition) is 4. The molecule has 2 heterocycles. The molecule has 1 atom stereocenters. The van der Waals surface area contributed by atoms with Crippen molar-refractivity contribution < 1.29 is 14.3 Å². The molecule has 0 aliphatic carbocycles. The summed E-state index contributed by atoms with van der Waals surface area (Å²) in [6, 6.07) is 12.4. The second-order valence-electron chi connectivity index (χ2n) is 7.69. The minimum Gasteiger partial charge on any atom is -0.493 e. The van der Waals surface area contributed by atoms with Gasteiger partial charge in [-0.3, -0.25) is 4.79 Å². The molecular weight excluding hydrogens is 382 g/mol. The summed E-state index contributed by atoms with van der Waals surface area (Å²) < 4.78 is 11.8. The molecule has 2 aromatic rings. The van der Waals surface area contributed by atoms with Gasteiger partial charge in [0.05, 0.1) is 12.7 Å². The number of amides is 1. The second kappa shape index (κ2) is 11.4. The summed E-state index contributed by atoms with van der Waals surface area (Å²) in [5, 5.41) is 2.09. The number of benzene rings is 1. The van der Waals surface area contributed by atoms with Crippen molar-refractivity contribution in [1.82, 2.24) is 4.90 Å². The highest BCUT2D eigenvalue weighted by atomic mass is 32.1. The Kier molecular flexibility index (Phi) is 8.56. The van der Waals surface area contributed by atoms with Crippen molar-refractivity contribution >= 4 is 17.2 Å². The topological polar surface area (TPSA) is 38.8 Å². The van der Waals surface area contributed by atoms with Gasteiger partial charge in [0.15, 0.2) is 0 Å². The molecular formula is C24H33NO3S. The van der Waals surface area contributed by atoms with Crippen molar-refractivity contribution in [2.24, 2.45) is 5.92 Å². The molecule has 0 bridgehead atoms. The summed E-state index contributed by atoms with van der Waals surface area (Å²) in [6.45, 7) is 6.95. The van der Waals surface area contributed by atoms with E-state index in [1.54, 1.807) is 11.3 Å². The number of hydrogen-bond donors (Lipinski definition) is 0. The lowest BCUT2D eigenvalue weighted by Crippen LogP contribution is -2.40. The lowest BCUT2D eigenvalue weighted by molar-refractivity contribution is -0.138. The van der Waals surface area contributed by atoms with Gasteiger partial charge in [0.2, 0.25) is 5.91 Å². The van der Waals surface area contributed by atoms with Gasteiger partial charge in [-0.25, -0.2) is 0 Å². The minimum absolute atomic E-state index is 0.0848. The molecule has 158 valence electrons. The molecule has 1 aliphatic rings. The van der Waals surface area contributed by atoms with E-state index in [4.69, 9.17) is 9.47 Å². The third-order valence-corrected chi connectivity index (χ3v) is 6.50. The van der Waals surface area contributed by atoms with Crippen LogP contribution in [-0.4, -0.2) is 36.7 Å². The molecule has 29 heavy (non-hydrogen) atoms. The minimum atomic E-state index is 0.0848. The van der Waals surface area contributed by atoms with Crippen LogP contribution in [0.15, 0.2) is 41.8 Å². The molecule has 0 N–H and O–H groups in total. The number of nitrogens with zero attached hydrogens (tertiary/aromatic N) is 1. The van der Waals surface area contributed by atoms with Gasteiger partial charge in [-0.15, -0.1) is 11.3 Å². The zero-order valence-electron chi connectivity index (χ0n) is 17.6. The van der Waals surface area contributed by atoms with Crippen LogP contribution in [0.3, 0.4) is 0 Å². The van der Waals surface area contributed by atoms with E-state index in [1.807, 2.05) is 17.0 Å². The van der Waals surface area contributed by atoms with Crippen LogP contribution in [0, 0.1) is 5.92 Å². The summed E-state index contributed by atoms with van der Waals surface area (Å²) in [5.74, 6) is 1.20. The van der Waals surface area contributed by atoms with Crippen molar-refractivity contribution in [2.75, 3.05) is 19.8 Å². The molecule has 1 aromatic carbocycles. The quantitative estimate of drug-likeness (QED) is 0.499. The number of carbonyl (C=O) groups excluding carboxylic acids is 1. The van der Waals surface area contributed by atoms with Crippen LogP contribution < -0.4 is 4.74 Å². The van der Waals surface area contributed by atoms with E-state index < -0.39 is 0 Å². The standard InChI is InChI=1S/C24H33NO3S/c1-3-20(4-2)24(26)25(18-22-10-6-13-27-22)17-19-8-5-9-21(16-19)28-14-12-23-11-7-15-29-23/h5,7-9,11,15-16,20,22H,3-4,6,10,12-14,17-18H2,1-2H3/t22-/m0/s1. The molecule has 1 aliphatic heterocycles. The van der Waals surface area contributed by atoms with Crippen molar-refractivity contribution in [1.29, 1.82) is 0 Å². The van der Waals surface area contributed by atoms with E-state index in [2.05, 4.69) is 43.5 Å². The lowest BCUT2D eigenvalue weighted by atomic mass is 10.0. The summed E-state index contributed by atoms with van der Waals surface area (Å²) in [7, 11) is 0. The predicted octanol–water partition coefficient (Wildman–Crippen LogP) is 5.31. The van der Waals surface area contributed by atoms with Gasteiger partial charge in [0.1, 0.15) is 5.75 Å². The van der Waals surface area contributed by atoms with Gasteiger partial charge in [0.25, 0.3) is 0 Å². The van der Waals surface area contributed by atoms with Crippen LogP contribution in [0.2, 0.25) is 0 Å². The Morgan fingerprint density at radius 3 is 2.83 bits per heavy atom. The fourth-order valence-corrected chi connectivity index (χ4v) is 4.53. The Morgan fingerprint density at radius 2 is 2.14 bits per heavy atom. The maximum Gasteiger partial charge on any atom is 0.226 e. The van der Waals surface area contributed by atoms with Gasteiger partial charge >= 0.3 is 0 Å². The van der Waals surface area contributed by atoms with E-state index >= 15 is 0 Å². The zero-order chi connectivity index (χ0) is 20.5. The third-order valence-electron chi connectivity index (χ3n) is 5.56. The number of rotatable bonds is 11. The molecule has 5 heteroatoms. The Balaban J connectivity index is 1.63. The monoisotopic (exact) mass is 415 g/mol. The molecule has 0 unspecified atom stereocenters. The zero-order valence-corrected chi connectivity index (χ0v) is 18.5. The highest BCUT2D eigenvalue weighted by Gasteiger charge is 2.26. The summed E-state index contributed by atoms with van der Waals surface area (Å²) in [5.41, 5.74) is 1.11. The fourth-order valence-electron chi connectivity index (χ4n) is 3.84. The van der Waals surface area contributed by atoms with Gasteiger partial charge in [-0.1, -0.05) is 32.0 Å². The van der Waals surface area contributed by atoms with Crippen molar-refractivity contribution in [3.05, 3.63) is 52.2 Å². The van der Waals surface area contributed by atoms with Crippen molar-refractivity contribution in [3.63, 3.8) is 0 Å². The normalized spacial score (nSPS) is 16.3. The van der Waals surface area contributed by atoms with Gasteiger partial charge in [-0.2, -0.15) is 0 Å². The Hall–Kier alpha value is -1.85. The Morgan fingerprint density at radius 1 is 1.28 bits per heavy atom. The van der Waals surface area contributed by atoms with Gasteiger partial charge in [-0.05, 0) is 54.8 Å². The maximum absolute atomic E-state index is 13.1. The SMILES string of the molecule is CCC(CC)C(=O)N(Cc1cccc(OCCc2cccs2)c1)C[C@@H]1CCCO1. The fraction of sp³-hybridized carbons (Fsp3) is 0.542. The molecule has 0 spiro atoms. The second-order valence-corrected chi connectivity index (χ2v) is 8.72. The number of carbonyl (C=O) groups is 1. The highest BCUT2D eigenvalue weighted by Crippen LogP contribution is 2.21. The summed E-state index contributed by atoms with van der Waals surface area (Å²) in [4.78, 5) is 16.5. The predicted molar refractivity (Wildman–Crippen MR) is 118 cm³/mol. The first-order valence-corrected chi connectivity index (χ1v) is 11.7. The van der Waals surface area contributed by atoms with Crippen LogP contribution >= 0.6 is 11.3 Å². The molecule has 4 nitrogen and oxygen atoms in total. The molecule has 0 saturated carbocycles. The molecule has 1 aromatic heterocycles. The molecule has 1 saturated heterocycles. The molecule has 1 fully saturated rings. The molecule has 3 rings (SSSR count). The van der Waals surface area contributed by atoms with Gasteiger partial charge in [0, 0.05) is 36.9 Å². The van der Waals surface area contributed by atoms with Crippen LogP contribution in [-0.2, 0) is 22.5 Å². The average Bonchev–Trinajstić information content (AvgIpc) is 3.43. The van der Waals surface area contributed by atoms with E-state index in [9.17, 15) is 4.79 Å². The van der Waals surface area contributed by atoms with Crippen LogP contribution in [0.5, 0.6) is 5.75 Å². The third kappa shape index (κ3) is 6.58. The van der Waals surface area contributed by atoms with E-state index in [-0.39, 0.29) is 17.9 Å². The van der Waals surface area contributed by atoms with Gasteiger partial charge < -0.3 is 14.4 Å². The van der Waals surface area contributed by atoms with E-state index in [1.165, 1.54) is 4.88 Å². The first kappa shape index (κ1) is 21.8. The molecule has 0 radical (unpaired) electrons. The lowest BCUT2D eigenvalue weighted by Gasteiger charge is -2.29. The highest BCUT2D eigenvalue weighted by molar-refractivity contribution is 7.09. The number of thiophene rings is 1. The number of ether oxygens (including phenoxy) is 2. The summed E-state index contributed by atoms with van der Waals surface area (Å²) >= 11 is 1.76.